The Kier molecular flexibility index (Phi) is 4.37. The lowest BCUT2D eigenvalue weighted by molar-refractivity contribution is 0.0145. The lowest BCUT2D eigenvalue weighted by Gasteiger charge is -2.36. The van der Waals surface area contributed by atoms with E-state index >= 15 is 0 Å². The van der Waals surface area contributed by atoms with E-state index in [1.165, 1.54) is 13.5 Å². The molecule has 2 aliphatic rings. The van der Waals surface area contributed by atoms with Gasteiger partial charge in [0.2, 0.25) is 0 Å². The van der Waals surface area contributed by atoms with Crippen LogP contribution in [-0.4, -0.2) is 40.7 Å². The van der Waals surface area contributed by atoms with Gasteiger partial charge in [-0.15, -0.1) is 0 Å². The van der Waals surface area contributed by atoms with Crippen LogP contribution in [0.25, 0.3) is 0 Å². The Balaban J connectivity index is 2.03. The van der Waals surface area contributed by atoms with Gasteiger partial charge >= 0.3 is 0 Å². The van der Waals surface area contributed by atoms with Crippen molar-refractivity contribution < 1.29 is 14.9 Å². The maximum absolute atomic E-state index is 10.8. The SMILES string of the molecule is CO/C(O)=C/CC[S+](C)C1C2CCC(C)(C1O)C2(C)C. The van der Waals surface area contributed by atoms with Crippen LogP contribution in [0, 0.1) is 16.7 Å². The van der Waals surface area contributed by atoms with E-state index in [2.05, 4.69) is 27.0 Å². The van der Waals surface area contributed by atoms with Crippen LogP contribution in [-0.2, 0) is 15.6 Å². The summed E-state index contributed by atoms with van der Waals surface area (Å²) in [6.45, 7) is 6.94. The maximum Gasteiger partial charge on any atom is 0.272 e. The van der Waals surface area contributed by atoms with E-state index in [1.54, 1.807) is 6.08 Å². The molecule has 2 rings (SSSR count). The van der Waals surface area contributed by atoms with E-state index < -0.39 is 0 Å². The molecule has 4 heteroatoms. The third-order valence-electron chi connectivity index (χ3n) is 6.17. The van der Waals surface area contributed by atoms with Gasteiger partial charge in [-0.25, -0.2) is 0 Å². The Labute approximate surface area is 125 Å². The van der Waals surface area contributed by atoms with Crippen LogP contribution in [0.4, 0.5) is 0 Å². The van der Waals surface area contributed by atoms with Gasteiger partial charge in [-0.3, -0.25) is 0 Å². The summed E-state index contributed by atoms with van der Waals surface area (Å²) < 4.78 is 4.75. The van der Waals surface area contributed by atoms with Crippen LogP contribution in [0.1, 0.15) is 40.0 Å². The fourth-order valence-electron chi connectivity index (χ4n) is 4.34. The number of aliphatic hydroxyl groups is 2. The minimum absolute atomic E-state index is 0.00258. The van der Waals surface area contributed by atoms with Crippen molar-refractivity contribution in [1.82, 2.24) is 0 Å². The van der Waals surface area contributed by atoms with E-state index in [0.717, 1.165) is 18.6 Å². The topological polar surface area (TPSA) is 49.7 Å². The van der Waals surface area contributed by atoms with Gasteiger partial charge in [0, 0.05) is 23.8 Å². The highest BCUT2D eigenvalue weighted by Gasteiger charge is 2.69. The van der Waals surface area contributed by atoms with Crippen molar-refractivity contribution in [2.45, 2.75) is 51.4 Å². The quantitative estimate of drug-likeness (QED) is 0.606. The van der Waals surface area contributed by atoms with Crippen molar-refractivity contribution in [1.29, 1.82) is 0 Å². The Morgan fingerprint density at radius 2 is 2.05 bits per heavy atom. The van der Waals surface area contributed by atoms with E-state index in [1.807, 2.05) is 0 Å². The molecule has 0 aromatic carbocycles. The molecule has 0 aromatic heterocycles. The summed E-state index contributed by atoms with van der Waals surface area (Å²) in [6, 6.07) is 0. The minimum Gasteiger partial charge on any atom is -0.481 e. The molecule has 3 nitrogen and oxygen atoms in total. The maximum atomic E-state index is 10.8. The average molecular weight is 301 g/mol. The molecule has 0 amide bonds. The first-order chi connectivity index (χ1) is 9.25. The third kappa shape index (κ3) is 2.25. The summed E-state index contributed by atoms with van der Waals surface area (Å²) in [7, 11) is 1.65. The number of hydrogen-bond acceptors (Lipinski definition) is 3. The molecule has 0 radical (unpaired) electrons. The number of aliphatic hydroxyl groups excluding tert-OH is 2. The minimum atomic E-state index is -0.176. The van der Waals surface area contributed by atoms with Crippen molar-refractivity contribution in [3.63, 3.8) is 0 Å². The van der Waals surface area contributed by atoms with E-state index in [-0.39, 0.29) is 33.8 Å². The number of methoxy groups -OCH3 is 1. The fraction of sp³-hybridized carbons (Fsp3) is 0.875. The first kappa shape index (κ1) is 16.0. The second-order valence-corrected chi connectivity index (χ2v) is 9.46. The van der Waals surface area contributed by atoms with Crippen LogP contribution >= 0.6 is 0 Å². The molecule has 116 valence electrons. The largest absolute Gasteiger partial charge is 0.481 e. The fourth-order valence-corrected chi connectivity index (χ4v) is 6.88. The summed E-state index contributed by atoms with van der Waals surface area (Å²) in [5, 5.41) is 20.5. The zero-order valence-corrected chi connectivity index (χ0v) is 14.2. The van der Waals surface area contributed by atoms with Gasteiger partial charge in [0.1, 0.15) is 17.1 Å². The van der Waals surface area contributed by atoms with Crippen molar-refractivity contribution in [2.24, 2.45) is 16.7 Å². The Bertz CT molecular complexity index is 393. The van der Waals surface area contributed by atoms with Gasteiger partial charge in [-0.05, 0) is 29.2 Å². The Morgan fingerprint density at radius 3 is 2.55 bits per heavy atom. The molecule has 2 aliphatic carbocycles. The summed E-state index contributed by atoms with van der Waals surface area (Å²) >= 11 is 0. The molecule has 2 bridgehead atoms. The molecule has 20 heavy (non-hydrogen) atoms. The molecule has 0 spiro atoms. The third-order valence-corrected chi connectivity index (χ3v) is 8.56. The van der Waals surface area contributed by atoms with E-state index in [4.69, 9.17) is 4.74 Å². The van der Waals surface area contributed by atoms with Gasteiger partial charge in [-0.2, -0.15) is 0 Å². The highest BCUT2D eigenvalue weighted by atomic mass is 32.2. The van der Waals surface area contributed by atoms with Gasteiger partial charge in [0.15, 0.2) is 0 Å². The summed E-state index contributed by atoms with van der Waals surface area (Å²) in [6.07, 6.45) is 7.05. The van der Waals surface area contributed by atoms with Crippen molar-refractivity contribution in [3.05, 3.63) is 12.0 Å². The monoisotopic (exact) mass is 301 g/mol. The highest BCUT2D eigenvalue weighted by molar-refractivity contribution is 7.96. The van der Waals surface area contributed by atoms with E-state index in [9.17, 15) is 10.2 Å². The van der Waals surface area contributed by atoms with Crippen LogP contribution in [0.2, 0.25) is 0 Å². The van der Waals surface area contributed by atoms with Crippen molar-refractivity contribution in [3.8, 4) is 0 Å². The standard InChI is InChI=1S/C16H28O3S/c1-15(2)11-8-9-16(15,3)14(18)13(11)20(5)10-6-7-12(17)19-4/h7,11,13-14,18H,6,8-10H2,1-5H3/p+1/b12-7+. The van der Waals surface area contributed by atoms with Crippen LogP contribution < -0.4 is 0 Å². The molecule has 2 N–H and O–H groups in total. The molecule has 0 heterocycles. The molecular weight excluding hydrogens is 272 g/mol. The molecule has 0 aliphatic heterocycles. The number of fused-ring (bicyclic) bond motifs is 2. The van der Waals surface area contributed by atoms with Crippen molar-refractivity contribution >= 4 is 10.9 Å². The second-order valence-electron chi connectivity index (χ2n) is 7.12. The summed E-state index contributed by atoms with van der Waals surface area (Å²) in [4.78, 5) is 0. The predicted molar refractivity (Wildman–Crippen MR) is 84.9 cm³/mol. The van der Waals surface area contributed by atoms with E-state index in [0.29, 0.717) is 11.2 Å². The normalized spacial score (nSPS) is 40.9. The van der Waals surface area contributed by atoms with Gasteiger partial charge < -0.3 is 14.9 Å². The molecule has 2 saturated carbocycles. The van der Waals surface area contributed by atoms with Gasteiger partial charge in [-0.1, -0.05) is 20.8 Å². The highest BCUT2D eigenvalue weighted by Crippen LogP contribution is 2.66. The first-order valence-electron chi connectivity index (χ1n) is 7.48. The van der Waals surface area contributed by atoms with Crippen LogP contribution in [0.15, 0.2) is 12.0 Å². The molecule has 0 saturated heterocycles. The molecule has 2 fully saturated rings. The zero-order valence-electron chi connectivity index (χ0n) is 13.3. The Morgan fingerprint density at radius 1 is 1.40 bits per heavy atom. The zero-order chi connectivity index (χ0) is 15.1. The molecular formula is C16H29O3S+. The number of rotatable bonds is 5. The first-order valence-corrected chi connectivity index (χ1v) is 9.34. The molecule has 0 aromatic rings. The number of allylic oxidation sites excluding steroid dienone is 1. The summed E-state index contributed by atoms with van der Waals surface area (Å²) in [5.41, 5.74) is 0.316. The van der Waals surface area contributed by atoms with Crippen LogP contribution in [0.3, 0.4) is 0 Å². The number of hydrogen-bond donors (Lipinski definition) is 2. The molecule has 5 atom stereocenters. The van der Waals surface area contributed by atoms with Crippen LogP contribution in [0.5, 0.6) is 0 Å². The average Bonchev–Trinajstić information content (AvgIpc) is 2.70. The lowest BCUT2D eigenvalue weighted by Crippen LogP contribution is -2.43. The predicted octanol–water partition coefficient (Wildman–Crippen LogP) is 2.86. The number of ether oxygens (including phenoxy) is 1. The lowest BCUT2D eigenvalue weighted by atomic mass is 9.70. The second kappa shape index (κ2) is 5.45. The Hall–Kier alpha value is -0.350. The van der Waals surface area contributed by atoms with Gasteiger partial charge in [0.05, 0.1) is 13.4 Å². The smallest absolute Gasteiger partial charge is 0.272 e. The molecule has 5 unspecified atom stereocenters. The van der Waals surface area contributed by atoms with Gasteiger partial charge in [0.25, 0.3) is 5.95 Å². The van der Waals surface area contributed by atoms with Crippen molar-refractivity contribution in [2.75, 3.05) is 19.1 Å². The summed E-state index contributed by atoms with van der Waals surface area (Å²) in [5.74, 6) is 1.65.